The van der Waals surface area contributed by atoms with Gasteiger partial charge in [0, 0.05) is 18.9 Å². The van der Waals surface area contributed by atoms with E-state index >= 15 is 0 Å². The molecule has 0 aliphatic rings. The molecule has 4 nitrogen and oxygen atoms in total. The average molecular weight is 195 g/mol. The zero-order valence-electron chi connectivity index (χ0n) is 8.70. The van der Waals surface area contributed by atoms with Crippen molar-refractivity contribution in [1.29, 1.82) is 0 Å². The SMILES string of the molecule is Cc1cnc(CNCCC(C)O)cn1. The fourth-order valence-electron chi connectivity index (χ4n) is 1.04. The second-order valence-corrected chi connectivity index (χ2v) is 3.46. The summed E-state index contributed by atoms with van der Waals surface area (Å²) < 4.78 is 0. The van der Waals surface area contributed by atoms with Crippen molar-refractivity contribution in [3.63, 3.8) is 0 Å². The minimum atomic E-state index is -0.244. The van der Waals surface area contributed by atoms with Crippen molar-refractivity contribution >= 4 is 0 Å². The molecule has 0 aliphatic carbocycles. The van der Waals surface area contributed by atoms with Crippen LogP contribution in [0.3, 0.4) is 0 Å². The number of aliphatic hydroxyl groups is 1. The maximum absolute atomic E-state index is 9.02. The highest BCUT2D eigenvalue weighted by molar-refractivity contribution is 4.99. The van der Waals surface area contributed by atoms with Crippen LogP contribution in [0.5, 0.6) is 0 Å². The van der Waals surface area contributed by atoms with Crippen molar-refractivity contribution in [2.24, 2.45) is 0 Å². The molecule has 0 aromatic carbocycles. The van der Waals surface area contributed by atoms with Crippen LogP contribution in [0, 0.1) is 6.92 Å². The third-order valence-corrected chi connectivity index (χ3v) is 1.88. The summed E-state index contributed by atoms with van der Waals surface area (Å²) in [6.07, 6.45) is 4.04. The molecule has 1 aromatic heterocycles. The van der Waals surface area contributed by atoms with Gasteiger partial charge in [-0.15, -0.1) is 0 Å². The summed E-state index contributed by atoms with van der Waals surface area (Å²) in [5.74, 6) is 0. The van der Waals surface area contributed by atoms with Crippen molar-refractivity contribution < 1.29 is 5.11 Å². The summed E-state index contributed by atoms with van der Waals surface area (Å²) >= 11 is 0. The number of nitrogens with zero attached hydrogens (tertiary/aromatic N) is 2. The lowest BCUT2D eigenvalue weighted by Crippen LogP contribution is -2.19. The summed E-state index contributed by atoms with van der Waals surface area (Å²) in [7, 11) is 0. The summed E-state index contributed by atoms with van der Waals surface area (Å²) in [6, 6.07) is 0. The zero-order chi connectivity index (χ0) is 10.4. The van der Waals surface area contributed by atoms with Gasteiger partial charge in [0.05, 0.1) is 17.5 Å². The van der Waals surface area contributed by atoms with Gasteiger partial charge in [0.25, 0.3) is 0 Å². The third-order valence-electron chi connectivity index (χ3n) is 1.88. The first-order valence-electron chi connectivity index (χ1n) is 4.85. The first kappa shape index (κ1) is 11.1. The molecule has 1 heterocycles. The Labute approximate surface area is 84.4 Å². The van der Waals surface area contributed by atoms with E-state index < -0.39 is 0 Å². The van der Waals surface area contributed by atoms with Crippen LogP contribution in [0.4, 0.5) is 0 Å². The van der Waals surface area contributed by atoms with Crippen LogP contribution in [-0.2, 0) is 6.54 Å². The molecular weight excluding hydrogens is 178 g/mol. The number of aryl methyl sites for hydroxylation is 1. The molecule has 1 unspecified atom stereocenters. The van der Waals surface area contributed by atoms with Crippen LogP contribution < -0.4 is 5.32 Å². The molecule has 2 N–H and O–H groups in total. The van der Waals surface area contributed by atoms with Crippen LogP contribution in [0.1, 0.15) is 24.7 Å². The summed E-state index contributed by atoms with van der Waals surface area (Å²) in [5, 5.41) is 12.2. The molecule has 0 saturated heterocycles. The smallest absolute Gasteiger partial charge is 0.0724 e. The molecule has 0 amide bonds. The first-order chi connectivity index (χ1) is 6.68. The maximum atomic E-state index is 9.02. The molecule has 0 aliphatic heterocycles. The van der Waals surface area contributed by atoms with E-state index in [0.29, 0.717) is 6.54 Å². The zero-order valence-corrected chi connectivity index (χ0v) is 8.70. The largest absolute Gasteiger partial charge is 0.393 e. The second kappa shape index (κ2) is 5.67. The number of rotatable bonds is 5. The van der Waals surface area contributed by atoms with E-state index in [-0.39, 0.29) is 6.10 Å². The third kappa shape index (κ3) is 4.30. The standard InChI is InChI=1S/C10H17N3O/c1-8-5-13-10(7-12-8)6-11-4-3-9(2)14/h5,7,9,11,14H,3-4,6H2,1-2H3. The molecule has 78 valence electrons. The van der Waals surface area contributed by atoms with E-state index in [1.165, 1.54) is 0 Å². The van der Waals surface area contributed by atoms with E-state index in [0.717, 1.165) is 24.4 Å². The molecule has 0 saturated carbocycles. The number of nitrogens with one attached hydrogen (secondary N) is 1. The Balaban J connectivity index is 2.21. The quantitative estimate of drug-likeness (QED) is 0.677. The molecule has 0 bridgehead atoms. The average Bonchev–Trinajstić information content (AvgIpc) is 2.15. The molecule has 1 rings (SSSR count). The molecule has 0 spiro atoms. The van der Waals surface area contributed by atoms with Crippen LogP contribution >= 0.6 is 0 Å². The Morgan fingerprint density at radius 3 is 2.79 bits per heavy atom. The van der Waals surface area contributed by atoms with E-state index in [9.17, 15) is 0 Å². The van der Waals surface area contributed by atoms with Crippen molar-refractivity contribution in [3.05, 3.63) is 23.8 Å². The maximum Gasteiger partial charge on any atom is 0.0724 e. The highest BCUT2D eigenvalue weighted by atomic mass is 16.3. The van der Waals surface area contributed by atoms with Gasteiger partial charge in [-0.1, -0.05) is 0 Å². The van der Waals surface area contributed by atoms with Crippen molar-refractivity contribution in [1.82, 2.24) is 15.3 Å². The summed E-state index contributed by atoms with van der Waals surface area (Å²) in [4.78, 5) is 8.35. The number of aliphatic hydroxyl groups excluding tert-OH is 1. The van der Waals surface area contributed by atoms with Gasteiger partial charge in [-0.2, -0.15) is 0 Å². The van der Waals surface area contributed by atoms with Crippen LogP contribution in [0.15, 0.2) is 12.4 Å². The molecule has 1 aromatic rings. The summed E-state index contributed by atoms with van der Waals surface area (Å²) in [6.45, 7) is 5.21. The minimum absolute atomic E-state index is 0.244. The predicted octanol–water partition coefficient (Wildman–Crippen LogP) is 0.646. The Morgan fingerprint density at radius 2 is 2.21 bits per heavy atom. The second-order valence-electron chi connectivity index (χ2n) is 3.46. The van der Waals surface area contributed by atoms with Crippen LogP contribution in [-0.4, -0.2) is 27.7 Å². The summed E-state index contributed by atoms with van der Waals surface area (Å²) in [5.41, 5.74) is 1.86. The number of aromatic nitrogens is 2. The Bertz CT molecular complexity index is 259. The first-order valence-corrected chi connectivity index (χ1v) is 4.85. The Hall–Kier alpha value is -1.00. The van der Waals surface area contributed by atoms with Crippen LogP contribution in [0.25, 0.3) is 0 Å². The molecule has 0 radical (unpaired) electrons. The van der Waals surface area contributed by atoms with Crippen molar-refractivity contribution in [2.75, 3.05) is 6.54 Å². The van der Waals surface area contributed by atoms with Gasteiger partial charge in [-0.25, -0.2) is 0 Å². The predicted molar refractivity (Wildman–Crippen MR) is 54.8 cm³/mol. The van der Waals surface area contributed by atoms with E-state index in [4.69, 9.17) is 5.11 Å². The van der Waals surface area contributed by atoms with Gasteiger partial charge in [0.15, 0.2) is 0 Å². The van der Waals surface area contributed by atoms with Gasteiger partial charge in [-0.05, 0) is 26.8 Å². The Morgan fingerprint density at radius 1 is 1.43 bits per heavy atom. The lowest BCUT2D eigenvalue weighted by molar-refractivity contribution is 0.183. The van der Waals surface area contributed by atoms with Crippen molar-refractivity contribution in [2.45, 2.75) is 32.9 Å². The van der Waals surface area contributed by atoms with Crippen LogP contribution in [0.2, 0.25) is 0 Å². The van der Waals surface area contributed by atoms with Gasteiger partial charge in [-0.3, -0.25) is 9.97 Å². The monoisotopic (exact) mass is 195 g/mol. The van der Waals surface area contributed by atoms with E-state index in [1.54, 1.807) is 19.3 Å². The lowest BCUT2D eigenvalue weighted by Gasteiger charge is -2.05. The van der Waals surface area contributed by atoms with Crippen molar-refractivity contribution in [3.8, 4) is 0 Å². The van der Waals surface area contributed by atoms with Gasteiger partial charge < -0.3 is 10.4 Å². The van der Waals surface area contributed by atoms with E-state index in [1.807, 2.05) is 6.92 Å². The fraction of sp³-hybridized carbons (Fsp3) is 0.600. The normalized spacial score (nSPS) is 12.8. The van der Waals surface area contributed by atoms with Gasteiger partial charge >= 0.3 is 0 Å². The molecule has 0 fully saturated rings. The lowest BCUT2D eigenvalue weighted by atomic mass is 10.3. The molecule has 4 heteroatoms. The molecule has 14 heavy (non-hydrogen) atoms. The molecular formula is C10H17N3O. The minimum Gasteiger partial charge on any atom is -0.393 e. The molecule has 1 atom stereocenters. The number of hydrogen-bond donors (Lipinski definition) is 2. The Kier molecular flexibility index (Phi) is 4.49. The van der Waals surface area contributed by atoms with Gasteiger partial charge in [0.1, 0.15) is 0 Å². The van der Waals surface area contributed by atoms with E-state index in [2.05, 4.69) is 15.3 Å². The highest BCUT2D eigenvalue weighted by Crippen LogP contribution is 1.93. The highest BCUT2D eigenvalue weighted by Gasteiger charge is 1.96. The topological polar surface area (TPSA) is 58.0 Å². The van der Waals surface area contributed by atoms with Gasteiger partial charge in [0.2, 0.25) is 0 Å². The fourth-order valence-corrected chi connectivity index (χ4v) is 1.04. The number of hydrogen-bond acceptors (Lipinski definition) is 4.